The summed E-state index contributed by atoms with van der Waals surface area (Å²) in [6, 6.07) is 0. The van der Waals surface area contributed by atoms with E-state index in [1.165, 1.54) is 32.1 Å². The van der Waals surface area contributed by atoms with Gasteiger partial charge in [-0.3, -0.25) is 0 Å². The van der Waals surface area contributed by atoms with Gasteiger partial charge in [0, 0.05) is 20.3 Å². The first-order chi connectivity index (χ1) is 9.80. The summed E-state index contributed by atoms with van der Waals surface area (Å²) < 4.78 is 16.4. The number of nitrogens with two attached hydrogens (primary N) is 1. The minimum atomic E-state index is -0.343. The lowest BCUT2D eigenvalue weighted by Gasteiger charge is -2.27. The number of nitrogens with zero attached hydrogens (tertiary/aromatic N) is 2. The van der Waals surface area contributed by atoms with Crippen LogP contribution in [-0.2, 0) is 9.47 Å². The maximum atomic E-state index is 5.87. The molecule has 6 nitrogen and oxygen atoms in total. The Kier molecular flexibility index (Phi) is 5.94. The normalized spacial score (nSPS) is 19.9. The van der Waals surface area contributed by atoms with Crippen molar-refractivity contribution in [2.45, 2.75) is 51.2 Å². The Morgan fingerprint density at radius 2 is 2.10 bits per heavy atom. The third-order valence-corrected chi connectivity index (χ3v) is 3.91. The molecule has 2 N–H and O–H groups in total. The Hall–Kier alpha value is -0.980. The van der Waals surface area contributed by atoms with E-state index in [1.807, 2.05) is 6.92 Å². The molecular weight excluding hydrogens is 258 g/mol. The van der Waals surface area contributed by atoms with E-state index in [0.29, 0.717) is 30.8 Å². The number of aromatic nitrogens is 2. The van der Waals surface area contributed by atoms with Gasteiger partial charge >= 0.3 is 0 Å². The Morgan fingerprint density at radius 1 is 1.35 bits per heavy atom. The first kappa shape index (κ1) is 15.4. The highest BCUT2D eigenvalue weighted by Crippen LogP contribution is 2.36. The quantitative estimate of drug-likeness (QED) is 0.827. The largest absolute Gasteiger partial charge is 0.370 e. The molecule has 2 rings (SSSR count). The number of rotatable bonds is 7. The van der Waals surface area contributed by atoms with Gasteiger partial charge in [-0.1, -0.05) is 24.4 Å². The van der Waals surface area contributed by atoms with Crippen molar-refractivity contribution in [2.75, 3.05) is 20.3 Å². The number of ether oxygens (including phenoxy) is 2. The van der Waals surface area contributed by atoms with Gasteiger partial charge in [0.25, 0.3) is 5.89 Å². The fourth-order valence-electron chi connectivity index (χ4n) is 2.83. The lowest BCUT2D eigenvalue weighted by Crippen LogP contribution is -2.20. The average molecular weight is 283 g/mol. The van der Waals surface area contributed by atoms with Gasteiger partial charge in [0.2, 0.25) is 5.82 Å². The van der Waals surface area contributed by atoms with E-state index >= 15 is 0 Å². The minimum absolute atomic E-state index is 0.0759. The third kappa shape index (κ3) is 3.56. The molecule has 0 spiro atoms. The SMILES string of the molecule is CCOC(c1noc(C(CN)OC)n1)C1CCCCC1. The topological polar surface area (TPSA) is 83.4 Å². The van der Waals surface area contributed by atoms with E-state index in [2.05, 4.69) is 10.1 Å². The van der Waals surface area contributed by atoms with E-state index in [1.54, 1.807) is 7.11 Å². The molecule has 0 saturated heterocycles. The first-order valence-electron chi connectivity index (χ1n) is 7.48. The fraction of sp³-hybridized carbons (Fsp3) is 0.857. The lowest BCUT2D eigenvalue weighted by molar-refractivity contribution is -0.00145. The number of hydrogen-bond donors (Lipinski definition) is 1. The second-order valence-electron chi connectivity index (χ2n) is 5.22. The van der Waals surface area contributed by atoms with Crippen molar-refractivity contribution in [3.05, 3.63) is 11.7 Å². The maximum Gasteiger partial charge on any atom is 0.257 e. The predicted octanol–water partition coefficient (Wildman–Crippen LogP) is 2.37. The van der Waals surface area contributed by atoms with Gasteiger partial charge in [-0.25, -0.2) is 0 Å². The van der Waals surface area contributed by atoms with Crippen molar-refractivity contribution in [1.82, 2.24) is 10.1 Å². The molecular formula is C14H25N3O3. The van der Waals surface area contributed by atoms with E-state index < -0.39 is 0 Å². The lowest BCUT2D eigenvalue weighted by atomic mass is 9.85. The zero-order valence-electron chi connectivity index (χ0n) is 12.4. The summed E-state index contributed by atoms with van der Waals surface area (Å²) >= 11 is 0. The van der Waals surface area contributed by atoms with Gasteiger partial charge in [-0.15, -0.1) is 0 Å². The van der Waals surface area contributed by atoms with E-state index in [0.717, 1.165) is 0 Å². The summed E-state index contributed by atoms with van der Waals surface area (Å²) in [5.41, 5.74) is 5.62. The second-order valence-corrected chi connectivity index (χ2v) is 5.22. The van der Waals surface area contributed by atoms with Gasteiger partial charge in [0.1, 0.15) is 12.2 Å². The second kappa shape index (κ2) is 7.71. The summed E-state index contributed by atoms with van der Waals surface area (Å²) in [6.45, 7) is 2.96. The van der Waals surface area contributed by atoms with E-state index in [9.17, 15) is 0 Å². The predicted molar refractivity (Wildman–Crippen MR) is 74.0 cm³/mol. The zero-order chi connectivity index (χ0) is 14.4. The smallest absolute Gasteiger partial charge is 0.257 e. The summed E-state index contributed by atoms with van der Waals surface area (Å²) in [5, 5.41) is 4.08. The van der Waals surface area contributed by atoms with Crippen molar-refractivity contribution < 1.29 is 14.0 Å². The Morgan fingerprint density at radius 3 is 2.70 bits per heavy atom. The maximum absolute atomic E-state index is 5.87. The summed E-state index contributed by atoms with van der Waals surface area (Å²) in [7, 11) is 1.59. The molecule has 2 atom stereocenters. The van der Waals surface area contributed by atoms with Crippen LogP contribution in [0.15, 0.2) is 4.52 Å². The van der Waals surface area contributed by atoms with Crippen molar-refractivity contribution >= 4 is 0 Å². The van der Waals surface area contributed by atoms with Crippen LogP contribution < -0.4 is 5.73 Å². The highest BCUT2D eigenvalue weighted by Gasteiger charge is 2.30. The van der Waals surface area contributed by atoms with Crippen LogP contribution in [0.5, 0.6) is 0 Å². The van der Waals surface area contributed by atoms with Crippen LogP contribution in [0.2, 0.25) is 0 Å². The molecule has 114 valence electrons. The molecule has 6 heteroatoms. The molecule has 0 aliphatic heterocycles. The van der Waals surface area contributed by atoms with Crippen LogP contribution >= 0.6 is 0 Å². The summed E-state index contributed by atoms with van der Waals surface area (Å²) in [4.78, 5) is 4.44. The minimum Gasteiger partial charge on any atom is -0.370 e. The van der Waals surface area contributed by atoms with Crippen LogP contribution in [0.25, 0.3) is 0 Å². The zero-order valence-corrected chi connectivity index (χ0v) is 12.4. The molecule has 0 radical (unpaired) electrons. The highest BCUT2D eigenvalue weighted by atomic mass is 16.5. The molecule has 1 aliphatic carbocycles. The molecule has 2 unspecified atom stereocenters. The third-order valence-electron chi connectivity index (χ3n) is 3.91. The van der Waals surface area contributed by atoms with Crippen molar-refractivity contribution in [2.24, 2.45) is 11.7 Å². The molecule has 0 amide bonds. The highest BCUT2D eigenvalue weighted by molar-refractivity contribution is 4.97. The van der Waals surface area contributed by atoms with E-state index in [-0.39, 0.29) is 12.2 Å². The van der Waals surface area contributed by atoms with Crippen LogP contribution in [0.3, 0.4) is 0 Å². The van der Waals surface area contributed by atoms with Crippen molar-refractivity contribution in [3.8, 4) is 0 Å². The van der Waals surface area contributed by atoms with Gasteiger partial charge in [-0.2, -0.15) is 4.98 Å². The van der Waals surface area contributed by atoms with Gasteiger partial charge in [0.05, 0.1) is 0 Å². The molecule has 1 aromatic heterocycles. The van der Waals surface area contributed by atoms with Crippen LogP contribution in [0, 0.1) is 5.92 Å². The first-order valence-corrected chi connectivity index (χ1v) is 7.48. The van der Waals surface area contributed by atoms with Gasteiger partial charge in [-0.05, 0) is 25.7 Å². The molecule has 1 aromatic rings. The van der Waals surface area contributed by atoms with E-state index in [4.69, 9.17) is 19.7 Å². The molecule has 0 aromatic carbocycles. The monoisotopic (exact) mass is 283 g/mol. The molecule has 1 saturated carbocycles. The Bertz CT molecular complexity index is 387. The average Bonchev–Trinajstić information content (AvgIpc) is 2.96. The molecule has 1 aliphatic rings. The summed E-state index contributed by atoms with van der Waals surface area (Å²) in [6.07, 6.45) is 5.73. The number of methoxy groups -OCH3 is 1. The molecule has 1 fully saturated rings. The van der Waals surface area contributed by atoms with Crippen LogP contribution in [0.1, 0.15) is 63.0 Å². The van der Waals surface area contributed by atoms with Crippen molar-refractivity contribution in [3.63, 3.8) is 0 Å². The van der Waals surface area contributed by atoms with Crippen LogP contribution in [0.4, 0.5) is 0 Å². The molecule has 20 heavy (non-hydrogen) atoms. The van der Waals surface area contributed by atoms with Gasteiger partial charge in [0.15, 0.2) is 0 Å². The van der Waals surface area contributed by atoms with Crippen LogP contribution in [-0.4, -0.2) is 30.4 Å². The summed E-state index contributed by atoms with van der Waals surface area (Å²) in [5.74, 6) is 1.54. The number of hydrogen-bond acceptors (Lipinski definition) is 6. The molecule has 0 bridgehead atoms. The van der Waals surface area contributed by atoms with Gasteiger partial charge < -0.3 is 19.7 Å². The molecule has 1 heterocycles. The Balaban J connectivity index is 2.12. The Labute approximate surface area is 120 Å². The fourth-order valence-corrected chi connectivity index (χ4v) is 2.83. The van der Waals surface area contributed by atoms with Crippen molar-refractivity contribution in [1.29, 1.82) is 0 Å². The standard InChI is InChI=1S/C14H25N3O3/c1-3-19-12(10-7-5-4-6-8-10)13-16-14(20-17-13)11(9-15)18-2/h10-12H,3-9,15H2,1-2H3.